The van der Waals surface area contributed by atoms with Crippen molar-refractivity contribution in [1.29, 1.82) is 0 Å². The number of halogens is 2. The SMILES string of the molecule is COc1cc(C)c(C(NN)c2ccc(F)cc2Br)cc1C. The predicted molar refractivity (Wildman–Crippen MR) is 85.7 cm³/mol. The van der Waals surface area contributed by atoms with E-state index in [4.69, 9.17) is 10.6 Å². The average molecular weight is 353 g/mol. The fourth-order valence-electron chi connectivity index (χ4n) is 2.43. The van der Waals surface area contributed by atoms with Crippen LogP contribution in [0.2, 0.25) is 0 Å². The minimum absolute atomic E-state index is 0.232. The first kappa shape index (κ1) is 15.9. The second-order valence-electron chi connectivity index (χ2n) is 4.94. The highest BCUT2D eigenvalue weighted by molar-refractivity contribution is 9.10. The molecule has 112 valence electrons. The fraction of sp³-hybridized carbons (Fsp3) is 0.250. The van der Waals surface area contributed by atoms with Gasteiger partial charge >= 0.3 is 0 Å². The molecule has 0 bridgehead atoms. The molecule has 0 amide bonds. The Kier molecular flexibility index (Phi) is 4.98. The van der Waals surface area contributed by atoms with Gasteiger partial charge in [-0.25, -0.2) is 9.82 Å². The van der Waals surface area contributed by atoms with E-state index in [0.29, 0.717) is 4.47 Å². The summed E-state index contributed by atoms with van der Waals surface area (Å²) in [5.74, 6) is 6.29. The first-order valence-electron chi connectivity index (χ1n) is 6.54. The maximum absolute atomic E-state index is 13.3. The molecule has 21 heavy (non-hydrogen) atoms. The average Bonchev–Trinajstić information content (AvgIpc) is 2.45. The summed E-state index contributed by atoms with van der Waals surface area (Å²) < 4.78 is 19.3. The van der Waals surface area contributed by atoms with Crippen molar-refractivity contribution in [3.8, 4) is 5.75 Å². The fourth-order valence-corrected chi connectivity index (χ4v) is 3.01. The van der Waals surface area contributed by atoms with Crippen LogP contribution in [0.1, 0.15) is 28.3 Å². The summed E-state index contributed by atoms with van der Waals surface area (Å²) >= 11 is 3.40. The maximum atomic E-state index is 13.3. The molecule has 0 heterocycles. The van der Waals surface area contributed by atoms with Gasteiger partial charge in [-0.1, -0.05) is 28.1 Å². The van der Waals surface area contributed by atoms with Crippen molar-refractivity contribution in [2.75, 3.05) is 7.11 Å². The Hall–Kier alpha value is -1.43. The highest BCUT2D eigenvalue weighted by Crippen LogP contribution is 2.33. The number of rotatable bonds is 4. The van der Waals surface area contributed by atoms with Crippen molar-refractivity contribution >= 4 is 15.9 Å². The largest absolute Gasteiger partial charge is 0.496 e. The highest BCUT2D eigenvalue weighted by atomic mass is 79.9. The van der Waals surface area contributed by atoms with E-state index in [-0.39, 0.29) is 11.9 Å². The zero-order chi connectivity index (χ0) is 15.6. The molecule has 3 nitrogen and oxygen atoms in total. The van der Waals surface area contributed by atoms with Gasteiger partial charge in [-0.05, 0) is 54.3 Å². The molecule has 1 unspecified atom stereocenters. The molecule has 0 aliphatic carbocycles. The quantitative estimate of drug-likeness (QED) is 0.650. The van der Waals surface area contributed by atoms with Crippen molar-refractivity contribution < 1.29 is 9.13 Å². The molecule has 0 fully saturated rings. The van der Waals surface area contributed by atoms with Crippen LogP contribution in [-0.4, -0.2) is 7.11 Å². The van der Waals surface area contributed by atoms with Gasteiger partial charge in [0.1, 0.15) is 11.6 Å². The molecule has 0 aliphatic rings. The normalized spacial score (nSPS) is 12.3. The van der Waals surface area contributed by atoms with Gasteiger partial charge < -0.3 is 4.74 Å². The van der Waals surface area contributed by atoms with E-state index in [2.05, 4.69) is 21.4 Å². The molecule has 0 radical (unpaired) electrons. The molecule has 2 aromatic rings. The van der Waals surface area contributed by atoms with Crippen LogP contribution in [0.25, 0.3) is 0 Å². The van der Waals surface area contributed by atoms with Crippen LogP contribution in [-0.2, 0) is 0 Å². The number of nitrogens with one attached hydrogen (secondary N) is 1. The standard InChI is InChI=1S/C16H18BrFN2O/c1-9-7-15(21-3)10(2)6-13(9)16(20-19)12-5-4-11(18)8-14(12)17/h4-8,16,20H,19H2,1-3H3. The first-order valence-corrected chi connectivity index (χ1v) is 7.33. The van der Waals surface area contributed by atoms with E-state index < -0.39 is 0 Å². The van der Waals surface area contributed by atoms with Gasteiger partial charge in [-0.3, -0.25) is 5.84 Å². The third-order valence-corrected chi connectivity index (χ3v) is 4.22. The van der Waals surface area contributed by atoms with Gasteiger partial charge in [0.2, 0.25) is 0 Å². The van der Waals surface area contributed by atoms with Gasteiger partial charge in [0, 0.05) is 4.47 Å². The summed E-state index contributed by atoms with van der Waals surface area (Å²) in [4.78, 5) is 0. The second kappa shape index (κ2) is 6.56. The minimum Gasteiger partial charge on any atom is -0.496 e. The molecule has 0 saturated carbocycles. The maximum Gasteiger partial charge on any atom is 0.124 e. The van der Waals surface area contributed by atoms with Gasteiger partial charge in [-0.15, -0.1) is 0 Å². The molecule has 0 aromatic heterocycles. The third kappa shape index (κ3) is 3.26. The number of benzene rings is 2. The van der Waals surface area contributed by atoms with Gasteiger partial charge in [0.25, 0.3) is 0 Å². The van der Waals surface area contributed by atoms with E-state index in [1.54, 1.807) is 13.2 Å². The van der Waals surface area contributed by atoms with Crippen LogP contribution in [0, 0.1) is 19.7 Å². The van der Waals surface area contributed by atoms with Crippen LogP contribution in [0.3, 0.4) is 0 Å². The van der Waals surface area contributed by atoms with Gasteiger partial charge in [0.05, 0.1) is 13.2 Å². The van der Waals surface area contributed by atoms with Gasteiger partial charge in [0.15, 0.2) is 0 Å². The van der Waals surface area contributed by atoms with Gasteiger partial charge in [-0.2, -0.15) is 0 Å². The van der Waals surface area contributed by atoms with Crippen LogP contribution in [0.4, 0.5) is 4.39 Å². The molecular formula is C16H18BrFN2O. The van der Waals surface area contributed by atoms with Crippen molar-refractivity contribution in [3.05, 3.63) is 62.9 Å². The Morgan fingerprint density at radius 1 is 1.14 bits per heavy atom. The summed E-state index contributed by atoms with van der Waals surface area (Å²) in [7, 11) is 1.65. The molecule has 2 rings (SSSR count). The molecule has 3 N–H and O–H groups in total. The summed E-state index contributed by atoms with van der Waals surface area (Å²) in [6, 6.07) is 8.37. The Morgan fingerprint density at radius 2 is 1.86 bits per heavy atom. The molecule has 0 saturated heterocycles. The molecule has 2 aromatic carbocycles. The molecule has 0 spiro atoms. The number of hydrazine groups is 1. The lowest BCUT2D eigenvalue weighted by Gasteiger charge is -2.22. The molecule has 0 aliphatic heterocycles. The monoisotopic (exact) mass is 352 g/mol. The van der Waals surface area contributed by atoms with Crippen LogP contribution in [0.15, 0.2) is 34.8 Å². The smallest absolute Gasteiger partial charge is 0.124 e. The van der Waals surface area contributed by atoms with Crippen molar-refractivity contribution in [2.24, 2.45) is 5.84 Å². The number of ether oxygens (including phenoxy) is 1. The van der Waals surface area contributed by atoms with Crippen molar-refractivity contribution in [1.82, 2.24) is 5.43 Å². The Bertz CT molecular complexity index is 661. The lowest BCUT2D eigenvalue weighted by molar-refractivity contribution is 0.411. The number of aryl methyl sites for hydroxylation is 2. The van der Waals surface area contributed by atoms with E-state index in [0.717, 1.165) is 28.0 Å². The first-order chi connectivity index (χ1) is 9.97. The van der Waals surface area contributed by atoms with Crippen LogP contribution < -0.4 is 16.0 Å². The van der Waals surface area contributed by atoms with Crippen molar-refractivity contribution in [2.45, 2.75) is 19.9 Å². The lowest BCUT2D eigenvalue weighted by Crippen LogP contribution is -2.29. The topological polar surface area (TPSA) is 47.3 Å². The number of nitrogens with two attached hydrogens (primary N) is 1. The Labute approximate surface area is 132 Å². The van der Waals surface area contributed by atoms with E-state index >= 15 is 0 Å². The zero-order valence-corrected chi connectivity index (χ0v) is 13.8. The van der Waals surface area contributed by atoms with E-state index in [9.17, 15) is 4.39 Å². The predicted octanol–water partition coefficient (Wildman–Crippen LogP) is 3.77. The minimum atomic E-state index is -0.288. The highest BCUT2D eigenvalue weighted by Gasteiger charge is 2.19. The summed E-state index contributed by atoms with van der Waals surface area (Å²) in [6.45, 7) is 3.98. The van der Waals surface area contributed by atoms with Crippen LogP contribution >= 0.6 is 15.9 Å². The zero-order valence-electron chi connectivity index (χ0n) is 12.2. The Morgan fingerprint density at radius 3 is 2.43 bits per heavy atom. The second-order valence-corrected chi connectivity index (χ2v) is 5.80. The molecule has 1 atom stereocenters. The summed E-state index contributed by atoms with van der Waals surface area (Å²) in [6.07, 6.45) is 0. The third-order valence-electron chi connectivity index (χ3n) is 3.53. The van der Waals surface area contributed by atoms with E-state index in [1.807, 2.05) is 26.0 Å². The number of hydrogen-bond acceptors (Lipinski definition) is 3. The Balaban J connectivity index is 2.53. The molecular weight excluding hydrogens is 335 g/mol. The lowest BCUT2D eigenvalue weighted by atomic mass is 9.93. The number of methoxy groups -OCH3 is 1. The van der Waals surface area contributed by atoms with Crippen molar-refractivity contribution in [3.63, 3.8) is 0 Å². The summed E-state index contributed by atoms with van der Waals surface area (Å²) in [5.41, 5.74) is 6.80. The van der Waals surface area contributed by atoms with Crippen LogP contribution in [0.5, 0.6) is 5.75 Å². The summed E-state index contributed by atoms with van der Waals surface area (Å²) in [5, 5.41) is 0. The van der Waals surface area contributed by atoms with E-state index in [1.165, 1.54) is 12.1 Å². The molecule has 5 heteroatoms. The number of hydrogen-bond donors (Lipinski definition) is 2.